The van der Waals surface area contributed by atoms with Crippen molar-refractivity contribution >= 4 is 6.09 Å². The van der Waals surface area contributed by atoms with Crippen molar-refractivity contribution in [2.45, 2.75) is 18.8 Å². The maximum absolute atomic E-state index is 11.6. The molecule has 0 aliphatic rings. The van der Waals surface area contributed by atoms with Crippen molar-refractivity contribution in [1.29, 1.82) is 0 Å². The van der Waals surface area contributed by atoms with Crippen LogP contribution in [-0.4, -0.2) is 36.1 Å². The number of carbonyl (C=O) groups is 1. The Kier molecular flexibility index (Phi) is 6.60. The Hall–Kier alpha value is -2.57. The normalized spacial score (nSPS) is 13.0. The number of alkyl carbamates (subject to hydrolysis) is 1. The second kappa shape index (κ2) is 8.90. The van der Waals surface area contributed by atoms with Crippen LogP contribution >= 0.6 is 0 Å². The third kappa shape index (κ3) is 5.26. The molecule has 2 rings (SSSR count). The Morgan fingerprint density at radius 3 is 2.38 bits per heavy atom. The average molecular weight is 331 g/mol. The molecule has 0 aliphatic carbocycles. The van der Waals surface area contributed by atoms with Crippen LogP contribution in [0, 0.1) is 0 Å². The lowest BCUT2D eigenvalue weighted by atomic mass is 10.0. The SMILES string of the molecule is COc1ccc(C(O)C(O)CNC(=O)OCc2ccccc2)cc1. The first-order valence-corrected chi connectivity index (χ1v) is 7.55. The lowest BCUT2D eigenvalue weighted by Gasteiger charge is -2.18. The Labute approximate surface area is 140 Å². The molecule has 0 saturated heterocycles. The molecule has 0 aromatic heterocycles. The monoisotopic (exact) mass is 331 g/mol. The number of benzene rings is 2. The summed E-state index contributed by atoms with van der Waals surface area (Å²) in [5.74, 6) is 0.656. The van der Waals surface area contributed by atoms with Gasteiger partial charge in [-0.05, 0) is 23.3 Å². The van der Waals surface area contributed by atoms with Crippen molar-refractivity contribution in [1.82, 2.24) is 5.32 Å². The van der Waals surface area contributed by atoms with Gasteiger partial charge in [0, 0.05) is 6.54 Å². The zero-order valence-corrected chi connectivity index (χ0v) is 13.4. The van der Waals surface area contributed by atoms with E-state index in [-0.39, 0.29) is 13.2 Å². The molecule has 24 heavy (non-hydrogen) atoms. The molecular weight excluding hydrogens is 310 g/mol. The van der Waals surface area contributed by atoms with E-state index < -0.39 is 18.3 Å². The van der Waals surface area contributed by atoms with E-state index in [1.807, 2.05) is 30.3 Å². The number of rotatable bonds is 7. The van der Waals surface area contributed by atoms with Gasteiger partial charge >= 0.3 is 6.09 Å². The first kappa shape index (κ1) is 17.8. The van der Waals surface area contributed by atoms with Crippen molar-refractivity contribution in [2.24, 2.45) is 0 Å². The summed E-state index contributed by atoms with van der Waals surface area (Å²) < 4.78 is 10.1. The second-order valence-electron chi connectivity index (χ2n) is 5.23. The van der Waals surface area contributed by atoms with E-state index in [1.54, 1.807) is 31.4 Å². The summed E-state index contributed by atoms with van der Waals surface area (Å²) in [6.07, 6.45) is -2.92. The molecule has 2 aromatic carbocycles. The Bertz CT molecular complexity index is 630. The minimum Gasteiger partial charge on any atom is -0.497 e. The van der Waals surface area contributed by atoms with Crippen LogP contribution in [0.5, 0.6) is 5.75 Å². The number of hydrogen-bond donors (Lipinski definition) is 3. The number of aliphatic hydroxyl groups is 2. The van der Waals surface area contributed by atoms with Crippen molar-refractivity contribution in [3.05, 3.63) is 65.7 Å². The van der Waals surface area contributed by atoms with Gasteiger partial charge in [0.1, 0.15) is 24.6 Å². The lowest BCUT2D eigenvalue weighted by molar-refractivity contribution is 0.0184. The molecule has 0 spiro atoms. The van der Waals surface area contributed by atoms with Crippen molar-refractivity contribution in [3.63, 3.8) is 0 Å². The molecule has 1 amide bonds. The summed E-state index contributed by atoms with van der Waals surface area (Å²) in [6, 6.07) is 15.9. The highest BCUT2D eigenvalue weighted by Crippen LogP contribution is 2.20. The number of nitrogens with one attached hydrogen (secondary N) is 1. The van der Waals surface area contributed by atoms with E-state index >= 15 is 0 Å². The summed E-state index contributed by atoms with van der Waals surface area (Å²) >= 11 is 0. The van der Waals surface area contributed by atoms with Gasteiger partial charge in [0.05, 0.1) is 7.11 Å². The average Bonchev–Trinajstić information content (AvgIpc) is 2.64. The predicted molar refractivity (Wildman–Crippen MR) is 88.6 cm³/mol. The summed E-state index contributed by atoms with van der Waals surface area (Å²) in [7, 11) is 1.55. The molecule has 0 bridgehead atoms. The number of hydrogen-bond acceptors (Lipinski definition) is 5. The van der Waals surface area contributed by atoms with Crippen LogP contribution in [0.15, 0.2) is 54.6 Å². The molecule has 0 fully saturated rings. The van der Waals surface area contributed by atoms with Crippen LogP contribution in [-0.2, 0) is 11.3 Å². The molecule has 6 heteroatoms. The molecule has 0 heterocycles. The fourth-order valence-electron chi connectivity index (χ4n) is 2.10. The van der Waals surface area contributed by atoms with Gasteiger partial charge in [0.2, 0.25) is 0 Å². The standard InChI is InChI=1S/C18H21NO5/c1-23-15-9-7-14(8-10-15)17(21)16(20)11-19-18(22)24-12-13-5-3-2-4-6-13/h2-10,16-17,20-21H,11-12H2,1H3,(H,19,22). The van der Waals surface area contributed by atoms with Gasteiger partial charge in [-0.25, -0.2) is 4.79 Å². The lowest BCUT2D eigenvalue weighted by Crippen LogP contribution is -2.35. The molecule has 0 saturated carbocycles. The minimum atomic E-state index is -1.15. The first-order chi connectivity index (χ1) is 11.6. The quantitative estimate of drug-likeness (QED) is 0.722. The van der Waals surface area contributed by atoms with Gasteiger partial charge in [0.25, 0.3) is 0 Å². The summed E-state index contributed by atoms with van der Waals surface area (Å²) in [4.78, 5) is 11.6. The predicted octanol–water partition coefficient (Wildman–Crippen LogP) is 2.02. The van der Waals surface area contributed by atoms with Gasteiger partial charge < -0.3 is 25.0 Å². The van der Waals surface area contributed by atoms with E-state index in [0.29, 0.717) is 11.3 Å². The molecular formula is C18H21NO5. The topological polar surface area (TPSA) is 88.0 Å². The van der Waals surface area contributed by atoms with Gasteiger partial charge in [-0.2, -0.15) is 0 Å². The zero-order chi connectivity index (χ0) is 17.4. The van der Waals surface area contributed by atoms with Gasteiger partial charge in [-0.3, -0.25) is 0 Å². The maximum atomic E-state index is 11.6. The molecule has 6 nitrogen and oxygen atoms in total. The van der Waals surface area contributed by atoms with Crippen molar-refractivity contribution < 1.29 is 24.5 Å². The second-order valence-corrected chi connectivity index (χ2v) is 5.23. The number of ether oxygens (including phenoxy) is 2. The number of methoxy groups -OCH3 is 1. The van der Waals surface area contributed by atoms with Crippen LogP contribution in [0.1, 0.15) is 17.2 Å². The maximum Gasteiger partial charge on any atom is 0.407 e. The molecule has 0 aliphatic heterocycles. The Morgan fingerprint density at radius 2 is 1.75 bits per heavy atom. The van der Waals surface area contributed by atoms with E-state index in [2.05, 4.69) is 5.32 Å². The van der Waals surface area contributed by atoms with Crippen molar-refractivity contribution in [3.8, 4) is 5.75 Å². The Balaban J connectivity index is 1.76. The van der Waals surface area contributed by atoms with Crippen LogP contribution in [0.25, 0.3) is 0 Å². The zero-order valence-electron chi connectivity index (χ0n) is 13.4. The molecule has 3 N–H and O–H groups in total. The molecule has 2 atom stereocenters. The number of carbonyl (C=O) groups excluding carboxylic acids is 1. The number of amides is 1. The molecule has 0 radical (unpaired) electrons. The van der Waals surface area contributed by atoms with E-state index in [4.69, 9.17) is 9.47 Å². The minimum absolute atomic E-state index is 0.124. The highest BCUT2D eigenvalue weighted by atomic mass is 16.5. The summed E-state index contributed by atoms with van der Waals surface area (Å²) in [5, 5.41) is 22.5. The molecule has 2 unspecified atom stereocenters. The summed E-state index contributed by atoms with van der Waals surface area (Å²) in [6.45, 7) is 0.0185. The van der Waals surface area contributed by atoms with E-state index in [0.717, 1.165) is 5.56 Å². The fraction of sp³-hybridized carbons (Fsp3) is 0.278. The Morgan fingerprint density at radius 1 is 1.08 bits per heavy atom. The third-order valence-corrected chi connectivity index (χ3v) is 3.49. The van der Waals surface area contributed by atoms with Crippen LogP contribution in [0.3, 0.4) is 0 Å². The number of aliphatic hydroxyl groups excluding tert-OH is 2. The highest BCUT2D eigenvalue weighted by Gasteiger charge is 2.19. The largest absolute Gasteiger partial charge is 0.497 e. The summed E-state index contributed by atoms with van der Waals surface area (Å²) in [5.41, 5.74) is 1.40. The fourth-order valence-corrected chi connectivity index (χ4v) is 2.10. The van der Waals surface area contributed by atoms with Gasteiger partial charge in [-0.1, -0.05) is 42.5 Å². The highest BCUT2D eigenvalue weighted by molar-refractivity contribution is 5.67. The smallest absolute Gasteiger partial charge is 0.407 e. The first-order valence-electron chi connectivity index (χ1n) is 7.55. The molecule has 2 aromatic rings. The van der Waals surface area contributed by atoms with Crippen LogP contribution in [0.4, 0.5) is 4.79 Å². The van der Waals surface area contributed by atoms with Crippen LogP contribution in [0.2, 0.25) is 0 Å². The van der Waals surface area contributed by atoms with Crippen LogP contribution < -0.4 is 10.1 Å². The van der Waals surface area contributed by atoms with Gasteiger partial charge in [-0.15, -0.1) is 0 Å². The van der Waals surface area contributed by atoms with E-state index in [9.17, 15) is 15.0 Å². The van der Waals surface area contributed by atoms with Gasteiger partial charge in [0.15, 0.2) is 0 Å². The third-order valence-electron chi connectivity index (χ3n) is 3.49. The van der Waals surface area contributed by atoms with E-state index in [1.165, 1.54) is 0 Å². The molecule has 128 valence electrons. The van der Waals surface area contributed by atoms with Crippen molar-refractivity contribution in [2.75, 3.05) is 13.7 Å².